The fraction of sp³-hybridized carbons (Fsp3) is 0.250. The van der Waals surface area contributed by atoms with Gasteiger partial charge in [0, 0.05) is 0 Å². The van der Waals surface area contributed by atoms with E-state index in [1.807, 2.05) is 0 Å². The van der Waals surface area contributed by atoms with Crippen molar-refractivity contribution in [1.29, 1.82) is 0 Å². The standard InChI is InChI=1S/C16H18/c1-3-13(2)15-10-7-11-16(12-15)14-8-5-4-6-9-14/h4-13H,3H2,1-2H3/t13-/m0/s1. The van der Waals surface area contributed by atoms with Gasteiger partial charge in [-0.3, -0.25) is 0 Å². The number of hydrogen-bond acceptors (Lipinski definition) is 0. The van der Waals surface area contributed by atoms with Gasteiger partial charge in [0.2, 0.25) is 0 Å². The minimum atomic E-state index is 0.642. The Morgan fingerprint density at radius 2 is 1.56 bits per heavy atom. The topological polar surface area (TPSA) is 0 Å². The van der Waals surface area contributed by atoms with Crippen molar-refractivity contribution in [2.75, 3.05) is 0 Å². The number of hydrogen-bond donors (Lipinski definition) is 0. The number of rotatable bonds is 3. The maximum absolute atomic E-state index is 2.31. The zero-order chi connectivity index (χ0) is 11.4. The molecule has 0 radical (unpaired) electrons. The van der Waals surface area contributed by atoms with Crippen LogP contribution in [-0.4, -0.2) is 0 Å². The Balaban J connectivity index is 2.36. The minimum absolute atomic E-state index is 0.642. The molecule has 0 heteroatoms. The van der Waals surface area contributed by atoms with E-state index in [4.69, 9.17) is 0 Å². The Labute approximate surface area is 97.9 Å². The van der Waals surface area contributed by atoms with Crippen molar-refractivity contribution in [3.8, 4) is 11.1 Å². The van der Waals surface area contributed by atoms with Crippen molar-refractivity contribution >= 4 is 0 Å². The van der Waals surface area contributed by atoms with Gasteiger partial charge in [0.25, 0.3) is 0 Å². The Hall–Kier alpha value is -1.56. The highest BCUT2D eigenvalue weighted by Gasteiger charge is 2.04. The lowest BCUT2D eigenvalue weighted by molar-refractivity contribution is 0.734. The first-order valence-corrected chi connectivity index (χ1v) is 5.96. The molecule has 0 aliphatic rings. The summed E-state index contributed by atoms with van der Waals surface area (Å²) in [6.45, 7) is 4.52. The molecule has 0 amide bonds. The zero-order valence-corrected chi connectivity index (χ0v) is 9.98. The lowest BCUT2D eigenvalue weighted by Gasteiger charge is -2.10. The lowest BCUT2D eigenvalue weighted by atomic mass is 9.95. The largest absolute Gasteiger partial charge is 0.0648 e. The Morgan fingerprint density at radius 3 is 2.25 bits per heavy atom. The number of benzene rings is 2. The summed E-state index contributed by atoms with van der Waals surface area (Å²) in [6.07, 6.45) is 1.19. The van der Waals surface area contributed by atoms with Crippen molar-refractivity contribution < 1.29 is 0 Å². The molecular weight excluding hydrogens is 192 g/mol. The average Bonchev–Trinajstić information content (AvgIpc) is 2.39. The van der Waals surface area contributed by atoms with Crippen molar-refractivity contribution in [2.45, 2.75) is 26.2 Å². The van der Waals surface area contributed by atoms with Crippen molar-refractivity contribution in [3.05, 3.63) is 60.2 Å². The van der Waals surface area contributed by atoms with Crippen molar-refractivity contribution in [3.63, 3.8) is 0 Å². The van der Waals surface area contributed by atoms with Gasteiger partial charge in [-0.1, -0.05) is 68.4 Å². The quantitative estimate of drug-likeness (QED) is 0.678. The molecule has 0 saturated carbocycles. The third kappa shape index (κ3) is 2.33. The third-order valence-electron chi connectivity index (χ3n) is 3.18. The van der Waals surface area contributed by atoms with Crippen LogP contribution in [0.3, 0.4) is 0 Å². The summed E-state index contributed by atoms with van der Waals surface area (Å²) >= 11 is 0. The molecule has 16 heavy (non-hydrogen) atoms. The molecule has 82 valence electrons. The molecule has 2 aromatic rings. The molecule has 0 nitrogen and oxygen atoms in total. The molecule has 0 aromatic heterocycles. The molecule has 1 atom stereocenters. The van der Waals surface area contributed by atoms with Crippen LogP contribution in [0.1, 0.15) is 31.7 Å². The van der Waals surface area contributed by atoms with Crippen LogP contribution in [0, 0.1) is 0 Å². The molecule has 0 unspecified atom stereocenters. The average molecular weight is 210 g/mol. The van der Waals surface area contributed by atoms with E-state index in [2.05, 4.69) is 68.4 Å². The summed E-state index contributed by atoms with van der Waals surface area (Å²) in [7, 11) is 0. The van der Waals surface area contributed by atoms with E-state index in [1.54, 1.807) is 0 Å². The monoisotopic (exact) mass is 210 g/mol. The molecule has 0 heterocycles. The Morgan fingerprint density at radius 1 is 0.875 bits per heavy atom. The van der Waals surface area contributed by atoms with E-state index in [9.17, 15) is 0 Å². The molecule has 0 aliphatic carbocycles. The normalized spacial score (nSPS) is 12.4. The fourth-order valence-corrected chi connectivity index (χ4v) is 1.89. The molecule has 0 saturated heterocycles. The van der Waals surface area contributed by atoms with Gasteiger partial charge in [-0.2, -0.15) is 0 Å². The molecule has 2 rings (SSSR count). The van der Waals surface area contributed by atoms with Crippen molar-refractivity contribution in [1.82, 2.24) is 0 Å². The van der Waals surface area contributed by atoms with Crippen LogP contribution in [0.25, 0.3) is 11.1 Å². The first kappa shape index (κ1) is 10.9. The van der Waals surface area contributed by atoms with Crippen molar-refractivity contribution in [2.24, 2.45) is 0 Å². The van der Waals surface area contributed by atoms with Crippen LogP contribution in [-0.2, 0) is 0 Å². The van der Waals surface area contributed by atoms with Gasteiger partial charge in [-0.25, -0.2) is 0 Å². The van der Waals surface area contributed by atoms with E-state index in [0.717, 1.165) is 0 Å². The summed E-state index contributed by atoms with van der Waals surface area (Å²) in [4.78, 5) is 0. The van der Waals surface area contributed by atoms with E-state index in [1.165, 1.54) is 23.1 Å². The molecule has 0 bridgehead atoms. The summed E-state index contributed by atoms with van der Waals surface area (Å²) in [5, 5.41) is 0. The zero-order valence-electron chi connectivity index (χ0n) is 9.98. The second-order valence-corrected chi connectivity index (χ2v) is 4.30. The fourth-order valence-electron chi connectivity index (χ4n) is 1.89. The Kier molecular flexibility index (Phi) is 3.40. The highest BCUT2D eigenvalue weighted by atomic mass is 14.1. The van der Waals surface area contributed by atoms with E-state index in [-0.39, 0.29) is 0 Å². The predicted octanol–water partition coefficient (Wildman–Crippen LogP) is 4.87. The first-order chi connectivity index (χ1) is 7.81. The maximum atomic E-state index is 2.31. The van der Waals surface area contributed by atoms with E-state index < -0.39 is 0 Å². The Bertz CT molecular complexity index is 443. The van der Waals surface area contributed by atoms with Crippen LogP contribution >= 0.6 is 0 Å². The van der Waals surface area contributed by atoms with E-state index in [0.29, 0.717) is 5.92 Å². The summed E-state index contributed by atoms with van der Waals surface area (Å²) in [6, 6.07) is 19.4. The lowest BCUT2D eigenvalue weighted by Crippen LogP contribution is -1.91. The molecule has 2 aromatic carbocycles. The predicted molar refractivity (Wildman–Crippen MR) is 70.6 cm³/mol. The molecule has 0 fully saturated rings. The SMILES string of the molecule is CC[C@H](C)c1cccc(-c2ccccc2)c1. The third-order valence-corrected chi connectivity index (χ3v) is 3.18. The maximum Gasteiger partial charge on any atom is -0.0181 e. The summed E-state index contributed by atoms with van der Waals surface area (Å²) in [5.74, 6) is 0.642. The van der Waals surface area contributed by atoms with Crippen LogP contribution < -0.4 is 0 Å². The van der Waals surface area contributed by atoms with Gasteiger partial charge < -0.3 is 0 Å². The molecule has 0 aliphatic heterocycles. The van der Waals surface area contributed by atoms with E-state index >= 15 is 0 Å². The highest BCUT2D eigenvalue weighted by molar-refractivity contribution is 5.64. The first-order valence-electron chi connectivity index (χ1n) is 5.96. The molecule has 0 spiro atoms. The van der Waals surface area contributed by atoms with Gasteiger partial charge in [0.05, 0.1) is 0 Å². The second-order valence-electron chi connectivity index (χ2n) is 4.30. The highest BCUT2D eigenvalue weighted by Crippen LogP contribution is 2.25. The van der Waals surface area contributed by atoms with Crippen LogP contribution in [0.5, 0.6) is 0 Å². The van der Waals surface area contributed by atoms with Gasteiger partial charge in [-0.05, 0) is 29.0 Å². The summed E-state index contributed by atoms with van der Waals surface area (Å²) < 4.78 is 0. The van der Waals surface area contributed by atoms with Gasteiger partial charge in [0.1, 0.15) is 0 Å². The molecular formula is C16H18. The minimum Gasteiger partial charge on any atom is -0.0648 e. The van der Waals surface area contributed by atoms with Crippen LogP contribution in [0.2, 0.25) is 0 Å². The van der Waals surface area contributed by atoms with Crippen LogP contribution in [0.4, 0.5) is 0 Å². The smallest absolute Gasteiger partial charge is 0.0181 e. The van der Waals surface area contributed by atoms with Gasteiger partial charge in [0.15, 0.2) is 0 Å². The molecule has 0 N–H and O–H groups in total. The van der Waals surface area contributed by atoms with Gasteiger partial charge >= 0.3 is 0 Å². The van der Waals surface area contributed by atoms with Gasteiger partial charge in [-0.15, -0.1) is 0 Å². The summed E-state index contributed by atoms with van der Waals surface area (Å²) in [5.41, 5.74) is 4.05. The second kappa shape index (κ2) is 4.98. The van der Waals surface area contributed by atoms with Crippen LogP contribution in [0.15, 0.2) is 54.6 Å².